The van der Waals surface area contributed by atoms with Crippen LogP contribution in [0.15, 0.2) is 34.1 Å². The van der Waals surface area contributed by atoms with Gasteiger partial charge in [-0.15, -0.1) is 11.3 Å². The highest BCUT2D eigenvalue weighted by Crippen LogP contribution is 2.26. The van der Waals surface area contributed by atoms with E-state index in [1.807, 2.05) is 12.1 Å². The zero-order chi connectivity index (χ0) is 13.1. The molecule has 0 radical (unpaired) electrons. The van der Waals surface area contributed by atoms with Crippen molar-refractivity contribution in [3.63, 3.8) is 0 Å². The summed E-state index contributed by atoms with van der Waals surface area (Å²) in [5, 5.41) is 3.67. The van der Waals surface area contributed by atoms with Gasteiger partial charge in [-0.1, -0.05) is 23.2 Å². The first-order valence-electron chi connectivity index (χ1n) is 5.04. The second kappa shape index (κ2) is 6.06. The lowest BCUT2D eigenvalue weighted by atomic mass is 10.3. The lowest BCUT2D eigenvalue weighted by molar-refractivity contribution is -0.115. The van der Waals surface area contributed by atoms with Crippen molar-refractivity contribution in [3.05, 3.63) is 49.0 Å². The van der Waals surface area contributed by atoms with Gasteiger partial charge in [0.05, 0.1) is 20.3 Å². The van der Waals surface area contributed by atoms with Crippen LogP contribution in [0.3, 0.4) is 0 Å². The van der Waals surface area contributed by atoms with Gasteiger partial charge < -0.3 is 5.32 Å². The molecule has 1 amide bonds. The molecule has 0 aliphatic rings. The Morgan fingerprint density at radius 3 is 2.61 bits per heavy atom. The summed E-state index contributed by atoms with van der Waals surface area (Å²) in [5.74, 6) is -0.0808. The molecule has 0 aliphatic carbocycles. The molecule has 1 heterocycles. The second-order valence-corrected chi connectivity index (χ2v) is 6.92. The molecule has 1 aromatic heterocycles. The van der Waals surface area contributed by atoms with E-state index in [-0.39, 0.29) is 5.91 Å². The molecular weight excluding hydrogens is 357 g/mol. The van der Waals surface area contributed by atoms with Crippen LogP contribution in [-0.4, -0.2) is 5.91 Å². The van der Waals surface area contributed by atoms with Crippen molar-refractivity contribution >= 4 is 62.1 Å². The van der Waals surface area contributed by atoms with E-state index in [0.717, 1.165) is 8.66 Å². The van der Waals surface area contributed by atoms with Crippen LogP contribution in [0.25, 0.3) is 0 Å². The molecular formula is C12H8BrCl2NOS. The Kier molecular flexibility index (Phi) is 4.67. The highest BCUT2D eigenvalue weighted by molar-refractivity contribution is 9.11. The monoisotopic (exact) mass is 363 g/mol. The third-order valence-electron chi connectivity index (χ3n) is 2.17. The molecule has 0 saturated heterocycles. The van der Waals surface area contributed by atoms with Gasteiger partial charge in [0.25, 0.3) is 0 Å². The number of benzene rings is 1. The highest BCUT2D eigenvalue weighted by Gasteiger charge is 2.07. The number of thiophene rings is 1. The van der Waals surface area contributed by atoms with Gasteiger partial charge in [0, 0.05) is 10.6 Å². The highest BCUT2D eigenvalue weighted by atomic mass is 79.9. The van der Waals surface area contributed by atoms with E-state index in [2.05, 4.69) is 21.2 Å². The minimum absolute atomic E-state index is 0.0808. The molecule has 2 rings (SSSR count). The molecule has 2 aromatic rings. The van der Waals surface area contributed by atoms with Gasteiger partial charge in [-0.05, 0) is 46.3 Å². The van der Waals surface area contributed by atoms with Crippen LogP contribution in [0.2, 0.25) is 10.0 Å². The normalized spacial score (nSPS) is 10.4. The summed E-state index contributed by atoms with van der Waals surface area (Å²) in [4.78, 5) is 12.8. The first-order chi connectivity index (χ1) is 8.54. The fourth-order valence-corrected chi connectivity index (χ4v) is 3.16. The quantitative estimate of drug-likeness (QED) is 0.815. The van der Waals surface area contributed by atoms with Crippen LogP contribution in [0.5, 0.6) is 0 Å². The summed E-state index contributed by atoms with van der Waals surface area (Å²) in [7, 11) is 0. The Balaban J connectivity index is 2.00. The number of hydrogen-bond donors (Lipinski definition) is 1. The number of rotatable bonds is 3. The van der Waals surface area contributed by atoms with Crippen LogP contribution in [0.1, 0.15) is 4.88 Å². The smallest absolute Gasteiger partial charge is 0.229 e. The van der Waals surface area contributed by atoms with E-state index in [1.54, 1.807) is 29.5 Å². The van der Waals surface area contributed by atoms with Gasteiger partial charge in [-0.25, -0.2) is 0 Å². The molecule has 0 unspecified atom stereocenters. The Labute approximate surface area is 127 Å². The minimum Gasteiger partial charge on any atom is -0.326 e. The van der Waals surface area contributed by atoms with E-state index in [0.29, 0.717) is 22.2 Å². The molecule has 0 spiro atoms. The Hall–Kier alpha value is -0.550. The second-order valence-electron chi connectivity index (χ2n) is 3.56. The Bertz CT molecular complexity index is 585. The molecule has 1 N–H and O–H groups in total. The van der Waals surface area contributed by atoms with E-state index in [9.17, 15) is 4.79 Å². The molecule has 0 aliphatic heterocycles. The maximum Gasteiger partial charge on any atom is 0.229 e. The topological polar surface area (TPSA) is 29.1 Å². The predicted molar refractivity (Wildman–Crippen MR) is 80.8 cm³/mol. The molecule has 18 heavy (non-hydrogen) atoms. The number of halogens is 3. The van der Waals surface area contributed by atoms with Crippen LogP contribution >= 0.6 is 50.5 Å². The Morgan fingerprint density at radius 2 is 2.00 bits per heavy atom. The zero-order valence-corrected chi connectivity index (χ0v) is 13.0. The average molecular weight is 365 g/mol. The number of amides is 1. The summed E-state index contributed by atoms with van der Waals surface area (Å²) in [6.07, 6.45) is 0.344. The maximum atomic E-state index is 11.8. The van der Waals surface area contributed by atoms with Crippen molar-refractivity contribution in [2.45, 2.75) is 6.42 Å². The molecule has 2 nitrogen and oxygen atoms in total. The van der Waals surface area contributed by atoms with Crippen LogP contribution in [0.4, 0.5) is 5.69 Å². The van der Waals surface area contributed by atoms with Gasteiger partial charge >= 0.3 is 0 Å². The minimum atomic E-state index is -0.0808. The van der Waals surface area contributed by atoms with Gasteiger partial charge in [0.1, 0.15) is 0 Å². The molecule has 94 valence electrons. The summed E-state index contributed by atoms with van der Waals surface area (Å²) < 4.78 is 1.01. The third-order valence-corrected chi connectivity index (χ3v) is 4.53. The number of carbonyl (C=O) groups excluding carboxylic acids is 1. The van der Waals surface area contributed by atoms with Crippen molar-refractivity contribution in [2.24, 2.45) is 0 Å². The van der Waals surface area contributed by atoms with Gasteiger partial charge in [-0.2, -0.15) is 0 Å². The van der Waals surface area contributed by atoms with Gasteiger partial charge in [0.15, 0.2) is 0 Å². The maximum absolute atomic E-state index is 11.8. The van der Waals surface area contributed by atoms with E-state index >= 15 is 0 Å². The molecule has 0 atom stereocenters. The van der Waals surface area contributed by atoms with Gasteiger partial charge in [0.2, 0.25) is 5.91 Å². The lowest BCUT2D eigenvalue weighted by Crippen LogP contribution is -2.13. The Morgan fingerprint density at radius 1 is 1.22 bits per heavy atom. The van der Waals surface area contributed by atoms with Crippen molar-refractivity contribution in [3.8, 4) is 0 Å². The van der Waals surface area contributed by atoms with E-state index in [4.69, 9.17) is 23.2 Å². The van der Waals surface area contributed by atoms with Crippen molar-refractivity contribution < 1.29 is 4.79 Å². The van der Waals surface area contributed by atoms with E-state index < -0.39 is 0 Å². The van der Waals surface area contributed by atoms with E-state index in [1.165, 1.54) is 0 Å². The molecule has 1 aromatic carbocycles. The number of nitrogens with one attached hydrogen (secondary N) is 1. The largest absolute Gasteiger partial charge is 0.326 e. The SMILES string of the molecule is O=C(Cc1ccc(Br)s1)Nc1ccc(Cl)c(Cl)c1. The summed E-state index contributed by atoms with van der Waals surface area (Å²) in [6.45, 7) is 0. The first-order valence-corrected chi connectivity index (χ1v) is 7.40. The zero-order valence-electron chi connectivity index (χ0n) is 9.04. The average Bonchev–Trinajstić information content (AvgIpc) is 2.69. The molecule has 0 bridgehead atoms. The third kappa shape index (κ3) is 3.72. The van der Waals surface area contributed by atoms with Crippen molar-refractivity contribution in [1.82, 2.24) is 0 Å². The van der Waals surface area contributed by atoms with Crippen molar-refractivity contribution in [2.75, 3.05) is 5.32 Å². The van der Waals surface area contributed by atoms with Crippen molar-refractivity contribution in [1.29, 1.82) is 0 Å². The fourth-order valence-electron chi connectivity index (χ4n) is 1.38. The number of hydrogen-bond acceptors (Lipinski definition) is 2. The fraction of sp³-hybridized carbons (Fsp3) is 0.0833. The van der Waals surface area contributed by atoms with Crippen LogP contribution < -0.4 is 5.32 Å². The van der Waals surface area contributed by atoms with Gasteiger partial charge in [-0.3, -0.25) is 4.79 Å². The number of carbonyl (C=O) groups is 1. The first kappa shape index (κ1) is 13.9. The predicted octanol–water partition coefficient (Wildman–Crippen LogP) is 5.00. The van der Waals surface area contributed by atoms with Crippen LogP contribution in [0, 0.1) is 0 Å². The molecule has 0 saturated carbocycles. The summed E-state index contributed by atoms with van der Waals surface area (Å²) >= 11 is 16.6. The number of anilines is 1. The van der Waals surface area contributed by atoms with Crippen LogP contribution in [-0.2, 0) is 11.2 Å². The standard InChI is InChI=1S/C12H8BrCl2NOS/c13-11-4-2-8(18-11)6-12(17)16-7-1-3-9(14)10(15)5-7/h1-5H,6H2,(H,16,17). The lowest BCUT2D eigenvalue weighted by Gasteiger charge is -2.05. The summed E-state index contributed by atoms with van der Waals surface area (Å²) in [6, 6.07) is 8.85. The molecule has 0 fully saturated rings. The molecule has 6 heteroatoms. The summed E-state index contributed by atoms with van der Waals surface area (Å²) in [5.41, 5.74) is 0.644.